The van der Waals surface area contributed by atoms with Gasteiger partial charge in [-0.05, 0) is 36.3 Å². The van der Waals surface area contributed by atoms with Crippen molar-refractivity contribution in [3.05, 3.63) is 47.0 Å². The zero-order valence-corrected chi connectivity index (χ0v) is 11.3. The minimum Gasteiger partial charge on any atom is -0.505 e. The summed E-state index contributed by atoms with van der Waals surface area (Å²) in [7, 11) is 0. The maximum atomic E-state index is 13.1. The van der Waals surface area contributed by atoms with Gasteiger partial charge >= 0.3 is 0 Å². The Kier molecular flexibility index (Phi) is 6.42. The van der Waals surface area contributed by atoms with Gasteiger partial charge in [0.1, 0.15) is 0 Å². The van der Waals surface area contributed by atoms with Gasteiger partial charge in [0, 0.05) is 12.8 Å². The van der Waals surface area contributed by atoms with E-state index < -0.39 is 23.8 Å². The van der Waals surface area contributed by atoms with Gasteiger partial charge in [-0.15, -0.1) is 5.73 Å². The maximum absolute atomic E-state index is 13.1. The molecule has 0 fully saturated rings. The first-order valence-corrected chi connectivity index (χ1v) is 6.30. The quantitative estimate of drug-likeness (QED) is 0.600. The normalized spacial score (nSPS) is 13.4. The monoisotopic (exact) mass is 282 g/mol. The third kappa shape index (κ3) is 5.15. The standard InChI is InChI=1S/C15H19FO4/c1-10(7-12(18)9-17)3-2-4-14(19)11-5-6-15(20)13(16)8-11/h2,5-6,8,12,14,17-20H,4,7,9H2,1H3/t3?,12-,14-/m1/s1. The Hall–Kier alpha value is -1.65. The molecule has 0 aromatic heterocycles. The van der Waals surface area contributed by atoms with Crippen LogP contribution >= 0.6 is 0 Å². The molecule has 0 amide bonds. The number of hydrogen-bond acceptors (Lipinski definition) is 4. The predicted molar refractivity (Wildman–Crippen MR) is 72.6 cm³/mol. The Bertz CT molecular complexity index is 507. The highest BCUT2D eigenvalue weighted by molar-refractivity contribution is 5.29. The van der Waals surface area contributed by atoms with Gasteiger partial charge in [-0.3, -0.25) is 0 Å². The second-order valence-electron chi connectivity index (χ2n) is 4.63. The second-order valence-corrected chi connectivity index (χ2v) is 4.63. The molecular formula is C15H19FO4. The van der Waals surface area contributed by atoms with Gasteiger partial charge in [-0.2, -0.15) is 0 Å². The number of aromatic hydroxyl groups is 1. The zero-order valence-electron chi connectivity index (χ0n) is 11.3. The number of halogens is 1. The fraction of sp³-hybridized carbons (Fsp3) is 0.400. The van der Waals surface area contributed by atoms with Crippen LogP contribution in [0, 0.1) is 5.82 Å². The summed E-state index contributed by atoms with van der Waals surface area (Å²) in [6.45, 7) is 1.44. The van der Waals surface area contributed by atoms with Crippen molar-refractivity contribution in [3.8, 4) is 5.75 Å². The topological polar surface area (TPSA) is 80.9 Å². The van der Waals surface area contributed by atoms with Crippen molar-refractivity contribution in [2.45, 2.75) is 32.0 Å². The number of rotatable bonds is 6. The molecule has 2 atom stereocenters. The second kappa shape index (κ2) is 7.82. The van der Waals surface area contributed by atoms with Crippen molar-refractivity contribution in [3.63, 3.8) is 0 Å². The number of aliphatic hydroxyl groups excluding tert-OH is 3. The van der Waals surface area contributed by atoms with Crippen LogP contribution in [0.1, 0.15) is 31.4 Å². The van der Waals surface area contributed by atoms with E-state index in [1.165, 1.54) is 12.1 Å². The minimum atomic E-state index is -0.895. The summed E-state index contributed by atoms with van der Waals surface area (Å²) in [5, 5.41) is 36.8. The molecular weight excluding hydrogens is 263 g/mol. The molecule has 1 aromatic rings. The van der Waals surface area contributed by atoms with Crippen LogP contribution in [-0.2, 0) is 0 Å². The van der Waals surface area contributed by atoms with Crippen LogP contribution in [0.4, 0.5) is 4.39 Å². The first-order chi connectivity index (χ1) is 9.43. The van der Waals surface area contributed by atoms with Gasteiger partial charge in [-0.25, -0.2) is 4.39 Å². The smallest absolute Gasteiger partial charge is 0.165 e. The Morgan fingerprint density at radius 2 is 2.10 bits per heavy atom. The molecule has 0 heterocycles. The summed E-state index contributed by atoms with van der Waals surface area (Å²) in [5.74, 6) is -1.23. The van der Waals surface area contributed by atoms with Gasteiger partial charge in [-0.1, -0.05) is 6.07 Å². The van der Waals surface area contributed by atoms with Crippen LogP contribution in [0.3, 0.4) is 0 Å². The SMILES string of the molecule is CC(=C=CC[C@@H](O)c1ccc(O)c(F)c1)C[C@@H](O)CO. The van der Waals surface area contributed by atoms with Crippen LogP contribution in [0.2, 0.25) is 0 Å². The third-order valence-corrected chi connectivity index (χ3v) is 2.80. The third-order valence-electron chi connectivity index (χ3n) is 2.80. The highest BCUT2D eigenvalue weighted by Gasteiger charge is 2.09. The van der Waals surface area contributed by atoms with Crippen LogP contribution in [0.5, 0.6) is 5.75 Å². The summed E-state index contributed by atoms with van der Waals surface area (Å²) < 4.78 is 13.1. The number of aliphatic hydroxyl groups is 3. The fourth-order valence-corrected chi connectivity index (χ4v) is 1.69. The molecule has 4 N–H and O–H groups in total. The highest BCUT2D eigenvalue weighted by Crippen LogP contribution is 2.22. The van der Waals surface area contributed by atoms with Crippen molar-refractivity contribution >= 4 is 0 Å². The Labute approximate surface area is 117 Å². The molecule has 0 unspecified atom stereocenters. The molecule has 1 aromatic carbocycles. The molecule has 0 bridgehead atoms. The molecule has 0 aliphatic rings. The average molecular weight is 282 g/mol. The molecule has 110 valence electrons. The summed E-state index contributed by atoms with van der Waals surface area (Å²) in [4.78, 5) is 0. The Morgan fingerprint density at radius 3 is 2.70 bits per heavy atom. The highest BCUT2D eigenvalue weighted by atomic mass is 19.1. The molecule has 0 radical (unpaired) electrons. The molecule has 20 heavy (non-hydrogen) atoms. The van der Waals surface area contributed by atoms with E-state index in [0.717, 1.165) is 11.6 Å². The van der Waals surface area contributed by atoms with Gasteiger partial charge < -0.3 is 20.4 Å². The van der Waals surface area contributed by atoms with E-state index in [0.29, 0.717) is 12.0 Å². The largest absolute Gasteiger partial charge is 0.505 e. The molecule has 0 saturated carbocycles. The first-order valence-electron chi connectivity index (χ1n) is 6.30. The van der Waals surface area contributed by atoms with Gasteiger partial charge in [0.2, 0.25) is 0 Å². The summed E-state index contributed by atoms with van der Waals surface area (Å²) in [6, 6.07) is 3.72. The minimum absolute atomic E-state index is 0.233. The van der Waals surface area contributed by atoms with Crippen molar-refractivity contribution in [1.29, 1.82) is 0 Å². The number of hydrogen-bond donors (Lipinski definition) is 4. The van der Waals surface area contributed by atoms with Crippen LogP contribution in [0.15, 0.2) is 35.6 Å². The van der Waals surface area contributed by atoms with Gasteiger partial charge in [0.15, 0.2) is 11.6 Å². The van der Waals surface area contributed by atoms with Crippen LogP contribution < -0.4 is 0 Å². The fourth-order valence-electron chi connectivity index (χ4n) is 1.69. The Morgan fingerprint density at radius 1 is 1.40 bits per heavy atom. The van der Waals surface area contributed by atoms with E-state index in [4.69, 9.17) is 10.2 Å². The summed E-state index contributed by atoms with van der Waals surface area (Å²) in [5.41, 5.74) is 4.00. The number of benzene rings is 1. The lowest BCUT2D eigenvalue weighted by atomic mass is 10.1. The predicted octanol–water partition coefficient (Wildman–Crippen LogP) is 1.80. The zero-order chi connectivity index (χ0) is 15.1. The van der Waals surface area contributed by atoms with Crippen molar-refractivity contribution in [2.75, 3.05) is 6.61 Å². The van der Waals surface area contributed by atoms with Gasteiger partial charge in [0.05, 0.1) is 18.8 Å². The van der Waals surface area contributed by atoms with Crippen LogP contribution in [-0.4, -0.2) is 33.1 Å². The number of phenols is 1. The molecule has 4 nitrogen and oxygen atoms in total. The van der Waals surface area contributed by atoms with E-state index >= 15 is 0 Å². The molecule has 0 aliphatic heterocycles. The molecule has 5 heteroatoms. The van der Waals surface area contributed by atoms with E-state index in [1.54, 1.807) is 13.0 Å². The van der Waals surface area contributed by atoms with E-state index in [2.05, 4.69) is 5.73 Å². The average Bonchev–Trinajstić information content (AvgIpc) is 2.41. The first kappa shape index (κ1) is 16.4. The van der Waals surface area contributed by atoms with E-state index in [-0.39, 0.29) is 13.0 Å². The van der Waals surface area contributed by atoms with E-state index in [9.17, 15) is 14.6 Å². The van der Waals surface area contributed by atoms with Crippen LogP contribution in [0.25, 0.3) is 0 Å². The molecule has 0 aliphatic carbocycles. The van der Waals surface area contributed by atoms with E-state index in [1.807, 2.05) is 0 Å². The lowest BCUT2D eigenvalue weighted by Crippen LogP contribution is -2.11. The lowest BCUT2D eigenvalue weighted by Gasteiger charge is -2.08. The summed E-state index contributed by atoms with van der Waals surface area (Å²) >= 11 is 0. The maximum Gasteiger partial charge on any atom is 0.165 e. The Balaban J connectivity index is 2.64. The lowest BCUT2D eigenvalue weighted by molar-refractivity contribution is 0.0955. The van der Waals surface area contributed by atoms with Gasteiger partial charge in [0.25, 0.3) is 0 Å². The van der Waals surface area contributed by atoms with Crippen molar-refractivity contribution in [1.82, 2.24) is 0 Å². The molecule has 1 rings (SSSR count). The summed E-state index contributed by atoms with van der Waals surface area (Å²) in [6.07, 6.45) is 0.419. The molecule has 0 saturated heterocycles. The van der Waals surface area contributed by atoms with Crippen molar-refractivity contribution in [2.24, 2.45) is 0 Å². The van der Waals surface area contributed by atoms with Crippen molar-refractivity contribution < 1.29 is 24.8 Å². The number of phenolic OH excluding ortho intramolecular Hbond substituents is 1. The molecule has 0 spiro atoms.